The van der Waals surface area contributed by atoms with Gasteiger partial charge in [-0.2, -0.15) is 0 Å². The molecule has 1 heterocycles. The Labute approximate surface area is 154 Å². The molecule has 2 aromatic carbocycles. The van der Waals surface area contributed by atoms with Crippen molar-refractivity contribution < 1.29 is 14.5 Å². The zero-order valence-electron chi connectivity index (χ0n) is 13.9. The lowest BCUT2D eigenvalue weighted by Gasteiger charge is -2.17. The highest BCUT2D eigenvalue weighted by Gasteiger charge is 2.35. The Morgan fingerprint density at radius 1 is 1.27 bits per heavy atom. The first kappa shape index (κ1) is 17.9. The lowest BCUT2D eigenvalue weighted by molar-refractivity contribution is -0.384. The third kappa shape index (κ3) is 3.67. The normalized spacial score (nSPS) is 16.6. The fraction of sp³-hybridized carbons (Fsp3) is 0.222. The zero-order chi connectivity index (χ0) is 18.8. The van der Waals surface area contributed by atoms with Crippen molar-refractivity contribution in [2.75, 3.05) is 16.8 Å². The van der Waals surface area contributed by atoms with Crippen molar-refractivity contribution in [3.05, 3.63) is 63.2 Å². The molecule has 0 bridgehead atoms. The topological polar surface area (TPSA) is 92.6 Å². The first-order valence-corrected chi connectivity index (χ1v) is 8.35. The first-order chi connectivity index (χ1) is 12.3. The minimum atomic E-state index is -0.615. The second kappa shape index (κ2) is 7.13. The number of hydrogen-bond donors (Lipinski definition) is 1. The standard InChI is InChI=1S/C18H16ClN3O4/c1-11-2-5-14(6-3-11)21-10-12(8-17(21)23)18(24)20-13-4-7-15(19)16(9-13)22(25)26/h2-7,9,12H,8,10H2,1H3,(H,20,24)/t12-/m1/s1. The molecular weight excluding hydrogens is 358 g/mol. The molecule has 3 rings (SSSR count). The SMILES string of the molecule is Cc1ccc(N2C[C@H](C(=O)Nc3ccc(Cl)c([N+](=O)[O-])c3)CC2=O)cc1. The van der Waals surface area contributed by atoms with E-state index in [1.54, 1.807) is 4.90 Å². The fourth-order valence-corrected chi connectivity index (χ4v) is 3.02. The van der Waals surface area contributed by atoms with E-state index in [1.165, 1.54) is 18.2 Å². The first-order valence-electron chi connectivity index (χ1n) is 7.97. The molecule has 1 aliphatic heterocycles. The van der Waals surface area contributed by atoms with Crippen LogP contribution in [0.1, 0.15) is 12.0 Å². The Morgan fingerprint density at radius 2 is 1.96 bits per heavy atom. The Bertz CT molecular complexity index is 883. The monoisotopic (exact) mass is 373 g/mol. The van der Waals surface area contributed by atoms with Crippen molar-refractivity contribution in [2.24, 2.45) is 5.92 Å². The van der Waals surface area contributed by atoms with Crippen LogP contribution in [-0.4, -0.2) is 23.3 Å². The maximum atomic E-state index is 12.5. The summed E-state index contributed by atoms with van der Waals surface area (Å²) < 4.78 is 0. The highest BCUT2D eigenvalue weighted by atomic mass is 35.5. The lowest BCUT2D eigenvalue weighted by Crippen LogP contribution is -2.28. The van der Waals surface area contributed by atoms with Crippen LogP contribution in [0.5, 0.6) is 0 Å². The second-order valence-corrected chi connectivity index (χ2v) is 6.56. The predicted molar refractivity (Wildman–Crippen MR) is 98.4 cm³/mol. The van der Waals surface area contributed by atoms with Crippen molar-refractivity contribution in [1.29, 1.82) is 0 Å². The van der Waals surface area contributed by atoms with E-state index in [-0.39, 0.29) is 41.2 Å². The summed E-state index contributed by atoms with van der Waals surface area (Å²) in [5, 5.41) is 13.6. The number of anilines is 2. The van der Waals surface area contributed by atoms with Gasteiger partial charge >= 0.3 is 0 Å². The number of hydrogen-bond acceptors (Lipinski definition) is 4. The molecule has 1 fully saturated rings. The van der Waals surface area contributed by atoms with Crippen molar-refractivity contribution in [3.63, 3.8) is 0 Å². The number of nitro groups is 1. The molecule has 26 heavy (non-hydrogen) atoms. The highest BCUT2D eigenvalue weighted by Crippen LogP contribution is 2.29. The molecule has 0 spiro atoms. The van der Waals surface area contributed by atoms with Gasteiger partial charge in [-0.3, -0.25) is 19.7 Å². The van der Waals surface area contributed by atoms with Gasteiger partial charge in [0.05, 0.1) is 10.8 Å². The number of nitrogens with zero attached hydrogens (tertiary/aromatic N) is 2. The number of nitro benzene ring substituents is 1. The van der Waals surface area contributed by atoms with Crippen LogP contribution in [-0.2, 0) is 9.59 Å². The number of nitrogens with one attached hydrogen (secondary N) is 1. The summed E-state index contributed by atoms with van der Waals surface area (Å²) in [7, 11) is 0. The number of rotatable bonds is 4. The molecule has 134 valence electrons. The van der Waals surface area contributed by atoms with Crippen molar-refractivity contribution >= 4 is 40.5 Å². The van der Waals surface area contributed by atoms with E-state index >= 15 is 0 Å². The fourth-order valence-electron chi connectivity index (χ4n) is 2.83. The molecule has 1 atom stereocenters. The molecule has 2 amide bonds. The predicted octanol–water partition coefficient (Wildman–Crippen LogP) is 3.55. The molecular formula is C18H16ClN3O4. The van der Waals surface area contributed by atoms with Gasteiger partial charge in [-0.25, -0.2) is 0 Å². The van der Waals surface area contributed by atoms with Gasteiger partial charge in [0.1, 0.15) is 5.02 Å². The van der Waals surface area contributed by atoms with Gasteiger partial charge < -0.3 is 10.2 Å². The van der Waals surface area contributed by atoms with Crippen LogP contribution in [0, 0.1) is 23.0 Å². The van der Waals surface area contributed by atoms with E-state index in [2.05, 4.69) is 5.32 Å². The molecule has 1 aliphatic rings. The summed E-state index contributed by atoms with van der Waals surface area (Å²) >= 11 is 5.77. The number of carbonyl (C=O) groups is 2. The third-order valence-corrected chi connectivity index (χ3v) is 4.57. The number of benzene rings is 2. The van der Waals surface area contributed by atoms with E-state index in [0.717, 1.165) is 11.3 Å². The molecule has 1 N–H and O–H groups in total. The summed E-state index contributed by atoms with van der Waals surface area (Å²) in [6.07, 6.45) is 0.0927. The van der Waals surface area contributed by atoms with Gasteiger partial charge in [-0.15, -0.1) is 0 Å². The highest BCUT2D eigenvalue weighted by molar-refractivity contribution is 6.32. The van der Waals surface area contributed by atoms with Gasteiger partial charge in [-0.05, 0) is 31.2 Å². The minimum absolute atomic E-state index is 0.00501. The molecule has 0 aromatic heterocycles. The quantitative estimate of drug-likeness (QED) is 0.655. The minimum Gasteiger partial charge on any atom is -0.326 e. The summed E-state index contributed by atoms with van der Waals surface area (Å²) in [6, 6.07) is 11.5. The van der Waals surface area contributed by atoms with Crippen LogP contribution in [0.25, 0.3) is 0 Å². The smallest absolute Gasteiger partial charge is 0.289 e. The van der Waals surface area contributed by atoms with Crippen LogP contribution >= 0.6 is 11.6 Å². The molecule has 7 nitrogen and oxygen atoms in total. The van der Waals surface area contributed by atoms with E-state index in [0.29, 0.717) is 0 Å². The summed E-state index contributed by atoms with van der Waals surface area (Å²) in [6.45, 7) is 2.22. The maximum absolute atomic E-state index is 12.5. The lowest BCUT2D eigenvalue weighted by atomic mass is 10.1. The Balaban J connectivity index is 1.71. The molecule has 1 saturated heterocycles. The number of halogens is 1. The Morgan fingerprint density at radius 3 is 2.62 bits per heavy atom. The molecule has 0 aliphatic carbocycles. The van der Waals surface area contributed by atoms with Gasteiger partial charge in [0.15, 0.2) is 0 Å². The molecule has 2 aromatic rings. The Kier molecular flexibility index (Phi) is 4.90. The average molecular weight is 374 g/mol. The average Bonchev–Trinajstić information content (AvgIpc) is 2.99. The molecule has 0 saturated carbocycles. The summed E-state index contributed by atoms with van der Waals surface area (Å²) in [4.78, 5) is 36.6. The van der Waals surface area contributed by atoms with Gasteiger partial charge in [0.25, 0.3) is 5.69 Å². The second-order valence-electron chi connectivity index (χ2n) is 6.15. The molecule has 8 heteroatoms. The van der Waals surface area contributed by atoms with Crippen LogP contribution in [0.15, 0.2) is 42.5 Å². The van der Waals surface area contributed by atoms with Crippen LogP contribution in [0.4, 0.5) is 17.1 Å². The Hall–Kier alpha value is -2.93. The van der Waals surface area contributed by atoms with Crippen molar-refractivity contribution in [3.8, 4) is 0 Å². The maximum Gasteiger partial charge on any atom is 0.289 e. The van der Waals surface area contributed by atoms with Crippen molar-refractivity contribution in [2.45, 2.75) is 13.3 Å². The molecule has 0 radical (unpaired) electrons. The van der Waals surface area contributed by atoms with Crippen LogP contribution in [0.3, 0.4) is 0 Å². The van der Waals surface area contributed by atoms with E-state index in [4.69, 9.17) is 11.6 Å². The largest absolute Gasteiger partial charge is 0.326 e. The third-order valence-electron chi connectivity index (χ3n) is 4.25. The molecule has 0 unspecified atom stereocenters. The van der Waals surface area contributed by atoms with Crippen molar-refractivity contribution in [1.82, 2.24) is 0 Å². The van der Waals surface area contributed by atoms with Gasteiger partial charge in [-0.1, -0.05) is 29.3 Å². The van der Waals surface area contributed by atoms with E-state index < -0.39 is 10.8 Å². The summed E-state index contributed by atoms with van der Waals surface area (Å²) in [5.41, 5.74) is 1.82. The number of amides is 2. The number of carbonyl (C=O) groups excluding carboxylic acids is 2. The van der Waals surface area contributed by atoms with E-state index in [9.17, 15) is 19.7 Å². The van der Waals surface area contributed by atoms with E-state index in [1.807, 2.05) is 31.2 Å². The van der Waals surface area contributed by atoms with Gasteiger partial charge in [0, 0.05) is 30.4 Å². The summed E-state index contributed by atoms with van der Waals surface area (Å²) in [5.74, 6) is -1.01. The number of aryl methyl sites for hydroxylation is 1. The van der Waals surface area contributed by atoms with Crippen LogP contribution in [0.2, 0.25) is 5.02 Å². The van der Waals surface area contributed by atoms with Gasteiger partial charge in [0.2, 0.25) is 11.8 Å². The zero-order valence-corrected chi connectivity index (χ0v) is 14.7. The van der Waals surface area contributed by atoms with Crippen LogP contribution < -0.4 is 10.2 Å².